The van der Waals surface area contributed by atoms with Gasteiger partial charge in [-0.05, 0) is 48.9 Å². The highest BCUT2D eigenvalue weighted by atomic mass is 35.5. The Bertz CT molecular complexity index is 1340. The van der Waals surface area contributed by atoms with Gasteiger partial charge in [-0.25, -0.2) is 0 Å². The summed E-state index contributed by atoms with van der Waals surface area (Å²) in [7, 11) is 2.96. The van der Waals surface area contributed by atoms with E-state index >= 15 is 0 Å². The molecule has 2 amide bonds. The van der Waals surface area contributed by atoms with Crippen LogP contribution in [0.15, 0.2) is 72.8 Å². The van der Waals surface area contributed by atoms with Gasteiger partial charge in [0.05, 0.1) is 37.1 Å². The van der Waals surface area contributed by atoms with Gasteiger partial charge in [0.15, 0.2) is 0 Å². The molecule has 0 aliphatic heterocycles. The minimum absolute atomic E-state index is 0.384. The van der Waals surface area contributed by atoms with Crippen LogP contribution < -0.4 is 20.1 Å². The Labute approximate surface area is 225 Å². The second-order valence-corrected chi connectivity index (χ2v) is 9.85. The second kappa shape index (κ2) is 11.2. The number of rotatable bonds is 7. The lowest BCUT2D eigenvalue weighted by molar-refractivity contribution is -0.150. The van der Waals surface area contributed by atoms with E-state index in [0.29, 0.717) is 33.5 Å². The minimum Gasteiger partial charge on any atom is -0.495 e. The van der Waals surface area contributed by atoms with Crippen LogP contribution in [-0.2, 0) is 14.4 Å². The first kappa shape index (κ1) is 27.2. The number of amides is 2. The van der Waals surface area contributed by atoms with E-state index in [1.54, 1.807) is 72.8 Å². The fourth-order valence-corrected chi connectivity index (χ4v) is 5.22. The van der Waals surface area contributed by atoms with Crippen LogP contribution in [0.25, 0.3) is 0 Å². The van der Waals surface area contributed by atoms with Gasteiger partial charge in [0.2, 0.25) is 11.8 Å². The molecule has 1 aliphatic carbocycles. The number of ketones is 1. The third-order valence-corrected chi connectivity index (χ3v) is 7.07. The van der Waals surface area contributed by atoms with Crippen molar-refractivity contribution < 1.29 is 29.0 Å². The van der Waals surface area contributed by atoms with Crippen molar-refractivity contribution >= 4 is 40.6 Å². The number of hydrogen-bond acceptors (Lipinski definition) is 6. The van der Waals surface area contributed by atoms with Crippen LogP contribution in [0.4, 0.5) is 11.4 Å². The molecule has 0 saturated heterocycles. The zero-order valence-electron chi connectivity index (χ0n) is 21.2. The highest BCUT2D eigenvalue weighted by molar-refractivity contribution is 6.30. The van der Waals surface area contributed by atoms with Gasteiger partial charge >= 0.3 is 0 Å². The molecule has 0 heterocycles. The van der Waals surface area contributed by atoms with E-state index in [4.69, 9.17) is 21.1 Å². The molecule has 3 aromatic carbocycles. The van der Waals surface area contributed by atoms with Crippen molar-refractivity contribution in [3.63, 3.8) is 0 Å². The average Bonchev–Trinajstić information content (AvgIpc) is 2.88. The largest absolute Gasteiger partial charge is 0.495 e. The van der Waals surface area contributed by atoms with Gasteiger partial charge in [0, 0.05) is 17.4 Å². The van der Waals surface area contributed by atoms with Gasteiger partial charge in [-0.15, -0.1) is 0 Å². The molecule has 0 unspecified atom stereocenters. The number of ether oxygens (including phenoxy) is 2. The van der Waals surface area contributed by atoms with E-state index in [2.05, 4.69) is 10.6 Å². The zero-order valence-corrected chi connectivity index (χ0v) is 22.0. The summed E-state index contributed by atoms with van der Waals surface area (Å²) in [6.45, 7) is 1.44. The number of aliphatic hydroxyl groups is 1. The Morgan fingerprint density at radius 3 is 1.89 bits per heavy atom. The first-order valence-electron chi connectivity index (χ1n) is 12.0. The number of methoxy groups -OCH3 is 2. The first-order chi connectivity index (χ1) is 18.2. The SMILES string of the molecule is COc1ccccc1NC(=O)[C@@H]1C(=O)C[C@@](C)(O)[C@@H](C(=O)Nc2ccccc2OC)[C@H]1c1ccc(Cl)cc1. The van der Waals surface area contributed by atoms with Crippen LogP contribution in [0.1, 0.15) is 24.8 Å². The molecule has 198 valence electrons. The Balaban J connectivity index is 1.78. The van der Waals surface area contributed by atoms with E-state index < -0.39 is 41.0 Å². The van der Waals surface area contributed by atoms with E-state index in [0.717, 1.165) is 0 Å². The molecular formula is C29H29ClN2O6. The van der Waals surface area contributed by atoms with Gasteiger partial charge in [-0.3, -0.25) is 14.4 Å². The van der Waals surface area contributed by atoms with Crippen molar-refractivity contribution in [1.29, 1.82) is 0 Å². The number of hydrogen-bond donors (Lipinski definition) is 3. The fraction of sp³-hybridized carbons (Fsp3) is 0.276. The Hall–Kier alpha value is -3.88. The number of benzene rings is 3. The molecule has 0 aromatic heterocycles. The number of anilines is 2. The topological polar surface area (TPSA) is 114 Å². The molecule has 1 aliphatic rings. The monoisotopic (exact) mass is 536 g/mol. The minimum atomic E-state index is -1.74. The van der Waals surface area contributed by atoms with Crippen molar-refractivity contribution in [3.05, 3.63) is 83.4 Å². The molecule has 4 atom stereocenters. The molecule has 3 N–H and O–H groups in total. The summed E-state index contributed by atoms with van der Waals surface area (Å²) in [5.41, 5.74) is -0.440. The predicted octanol–water partition coefficient (Wildman–Crippen LogP) is 4.67. The normalized spacial score (nSPS) is 22.9. The number of para-hydroxylation sites is 4. The lowest BCUT2D eigenvalue weighted by Crippen LogP contribution is -2.56. The van der Waals surface area contributed by atoms with E-state index in [-0.39, 0.29) is 6.42 Å². The van der Waals surface area contributed by atoms with Crippen LogP contribution in [-0.4, -0.2) is 42.5 Å². The quantitative estimate of drug-likeness (QED) is 0.378. The maximum absolute atomic E-state index is 13.8. The number of carbonyl (C=O) groups is 3. The van der Waals surface area contributed by atoms with Crippen molar-refractivity contribution in [3.8, 4) is 11.5 Å². The third-order valence-electron chi connectivity index (χ3n) is 6.82. The summed E-state index contributed by atoms with van der Waals surface area (Å²) >= 11 is 6.11. The van der Waals surface area contributed by atoms with E-state index in [1.807, 2.05) is 0 Å². The molecule has 1 fully saturated rings. The van der Waals surface area contributed by atoms with Crippen molar-refractivity contribution in [1.82, 2.24) is 0 Å². The molecule has 8 nitrogen and oxygen atoms in total. The highest BCUT2D eigenvalue weighted by Crippen LogP contribution is 2.47. The van der Waals surface area contributed by atoms with Gasteiger partial charge in [-0.2, -0.15) is 0 Å². The molecule has 4 rings (SSSR count). The molecule has 3 aromatic rings. The van der Waals surface area contributed by atoms with E-state index in [9.17, 15) is 19.5 Å². The van der Waals surface area contributed by atoms with Crippen molar-refractivity contribution in [2.24, 2.45) is 11.8 Å². The Kier molecular flexibility index (Phi) is 8.04. The van der Waals surface area contributed by atoms with Crippen molar-refractivity contribution in [2.45, 2.75) is 24.9 Å². The fourth-order valence-electron chi connectivity index (χ4n) is 5.09. The molecule has 0 radical (unpaired) electrons. The Morgan fingerprint density at radius 2 is 1.37 bits per heavy atom. The summed E-state index contributed by atoms with van der Waals surface area (Å²) in [5.74, 6) is -4.22. The smallest absolute Gasteiger partial charge is 0.235 e. The number of halogens is 1. The molecule has 1 saturated carbocycles. The summed E-state index contributed by atoms with van der Waals surface area (Å²) in [6.07, 6.45) is -0.384. The van der Waals surface area contributed by atoms with Crippen LogP contribution in [0.2, 0.25) is 5.02 Å². The molecule has 38 heavy (non-hydrogen) atoms. The van der Waals surface area contributed by atoms with Gasteiger partial charge < -0.3 is 25.2 Å². The lowest BCUT2D eigenvalue weighted by atomic mass is 9.61. The summed E-state index contributed by atoms with van der Waals surface area (Å²) < 4.78 is 10.7. The lowest BCUT2D eigenvalue weighted by Gasteiger charge is -2.44. The van der Waals surface area contributed by atoms with Gasteiger partial charge in [0.25, 0.3) is 0 Å². The summed E-state index contributed by atoms with van der Waals surface area (Å²) in [4.78, 5) is 41.0. The van der Waals surface area contributed by atoms with Gasteiger partial charge in [-0.1, -0.05) is 48.0 Å². The average molecular weight is 537 g/mol. The zero-order chi connectivity index (χ0) is 27.4. The van der Waals surface area contributed by atoms with Crippen molar-refractivity contribution in [2.75, 3.05) is 24.9 Å². The number of nitrogens with one attached hydrogen (secondary N) is 2. The van der Waals surface area contributed by atoms with E-state index in [1.165, 1.54) is 21.1 Å². The highest BCUT2D eigenvalue weighted by Gasteiger charge is 2.56. The van der Waals surface area contributed by atoms with Crippen LogP contribution in [0.3, 0.4) is 0 Å². The number of carbonyl (C=O) groups excluding carboxylic acids is 3. The summed E-state index contributed by atoms with van der Waals surface area (Å²) in [6, 6.07) is 20.2. The predicted molar refractivity (Wildman–Crippen MR) is 145 cm³/mol. The van der Waals surface area contributed by atoms with Crippen LogP contribution in [0, 0.1) is 11.8 Å². The maximum atomic E-state index is 13.8. The first-order valence-corrected chi connectivity index (χ1v) is 12.4. The molecule has 0 spiro atoms. The maximum Gasteiger partial charge on any atom is 0.235 e. The number of Topliss-reactive ketones (excluding diaryl/α,β-unsaturated/α-hetero) is 1. The second-order valence-electron chi connectivity index (χ2n) is 9.41. The molecule has 0 bridgehead atoms. The molecular weight excluding hydrogens is 508 g/mol. The third kappa shape index (κ3) is 5.51. The summed E-state index contributed by atoms with van der Waals surface area (Å²) in [5, 5.41) is 17.5. The molecule has 9 heteroatoms. The van der Waals surface area contributed by atoms with Crippen LogP contribution in [0.5, 0.6) is 11.5 Å². The van der Waals surface area contributed by atoms with Gasteiger partial charge in [0.1, 0.15) is 23.2 Å². The van der Waals surface area contributed by atoms with Crippen LogP contribution >= 0.6 is 11.6 Å². The Morgan fingerprint density at radius 1 is 0.868 bits per heavy atom. The standard InChI is InChI=1S/C29H29ClN2O6/c1-29(36)16-21(33)25(27(34)31-19-8-4-6-10-22(19)37-2)24(17-12-14-18(30)15-13-17)26(29)28(35)32-20-9-5-7-11-23(20)38-3/h4-15,24-26,36H,16H2,1-3H3,(H,31,34)(H,32,35)/t24-,25+,26+,29+/m0/s1.